The number of nitrogens with two attached hydrogens (primary N) is 1. The highest BCUT2D eigenvalue weighted by molar-refractivity contribution is 6.43. The molecule has 1 aromatic rings. The van der Waals surface area contributed by atoms with Gasteiger partial charge in [0.2, 0.25) is 0 Å². The number of carbonyl (C=O) groups is 1. The summed E-state index contributed by atoms with van der Waals surface area (Å²) in [4.78, 5) is 16.5. The van der Waals surface area contributed by atoms with E-state index in [2.05, 4.69) is 11.9 Å². The quantitative estimate of drug-likeness (QED) is 0.867. The summed E-state index contributed by atoms with van der Waals surface area (Å²) < 4.78 is 0. The predicted octanol–water partition coefficient (Wildman–Crippen LogP) is 2.99. The maximum atomic E-state index is 12.5. The molecular formula is C15H21Cl2N3O. The molecule has 4 nitrogen and oxygen atoms in total. The fraction of sp³-hybridized carbons (Fsp3) is 0.533. The first kappa shape index (κ1) is 16.4. The van der Waals surface area contributed by atoms with E-state index in [4.69, 9.17) is 28.9 Å². The minimum atomic E-state index is -0.0702. The van der Waals surface area contributed by atoms with Crippen LogP contribution in [0.5, 0.6) is 0 Å². The Bertz CT molecular complexity index is 505. The summed E-state index contributed by atoms with van der Waals surface area (Å²) in [5.74, 6) is 0.481. The lowest BCUT2D eigenvalue weighted by Crippen LogP contribution is -2.38. The number of piperidine rings is 1. The zero-order valence-electron chi connectivity index (χ0n) is 12.4. The van der Waals surface area contributed by atoms with E-state index in [0.717, 1.165) is 32.5 Å². The van der Waals surface area contributed by atoms with Crippen molar-refractivity contribution in [2.45, 2.75) is 12.8 Å². The zero-order chi connectivity index (χ0) is 15.6. The average molecular weight is 330 g/mol. The van der Waals surface area contributed by atoms with Crippen molar-refractivity contribution >= 4 is 34.8 Å². The van der Waals surface area contributed by atoms with Gasteiger partial charge in [-0.15, -0.1) is 0 Å². The number of hydrogen-bond donors (Lipinski definition) is 1. The van der Waals surface area contributed by atoms with Crippen LogP contribution in [-0.2, 0) is 0 Å². The van der Waals surface area contributed by atoms with Crippen LogP contribution in [0.1, 0.15) is 23.2 Å². The molecule has 2 rings (SSSR count). The Kier molecular flexibility index (Phi) is 5.36. The van der Waals surface area contributed by atoms with E-state index < -0.39 is 0 Å². The van der Waals surface area contributed by atoms with E-state index >= 15 is 0 Å². The monoisotopic (exact) mass is 329 g/mol. The zero-order valence-corrected chi connectivity index (χ0v) is 13.9. The van der Waals surface area contributed by atoms with Crippen LogP contribution in [0.15, 0.2) is 12.1 Å². The van der Waals surface area contributed by atoms with E-state index in [0.29, 0.717) is 27.2 Å². The van der Waals surface area contributed by atoms with E-state index in [9.17, 15) is 4.79 Å². The van der Waals surface area contributed by atoms with Crippen molar-refractivity contribution in [3.05, 3.63) is 27.7 Å². The maximum Gasteiger partial charge on any atom is 0.253 e. The predicted molar refractivity (Wildman–Crippen MR) is 88.1 cm³/mol. The van der Waals surface area contributed by atoms with Crippen LogP contribution in [0.4, 0.5) is 5.69 Å². The van der Waals surface area contributed by atoms with Crippen LogP contribution in [-0.4, -0.2) is 49.4 Å². The standard InChI is InChI=1S/C15H21Cl2N3O/c1-19-5-3-10(4-6-19)9-20(2)15(21)11-7-12(16)14(17)13(18)8-11/h7-8,10H,3-6,9,18H2,1-2H3. The van der Waals surface area contributed by atoms with Gasteiger partial charge in [-0.2, -0.15) is 0 Å². The highest BCUT2D eigenvalue weighted by Gasteiger charge is 2.21. The molecule has 0 aliphatic carbocycles. The van der Waals surface area contributed by atoms with Crippen LogP contribution in [0.25, 0.3) is 0 Å². The van der Waals surface area contributed by atoms with Crippen molar-refractivity contribution in [2.75, 3.05) is 39.5 Å². The molecule has 21 heavy (non-hydrogen) atoms. The lowest BCUT2D eigenvalue weighted by atomic mass is 9.96. The van der Waals surface area contributed by atoms with Crippen LogP contribution in [0, 0.1) is 5.92 Å². The first-order valence-corrected chi connectivity index (χ1v) is 7.82. The number of rotatable bonds is 3. The molecule has 0 spiro atoms. The third-order valence-electron chi connectivity index (χ3n) is 4.02. The second-order valence-corrected chi connectivity index (χ2v) is 6.58. The number of amides is 1. The van der Waals surface area contributed by atoms with Gasteiger partial charge in [-0.1, -0.05) is 23.2 Å². The van der Waals surface area contributed by atoms with E-state index in [-0.39, 0.29) is 5.91 Å². The number of likely N-dealkylation sites (tertiary alicyclic amines) is 1. The first-order valence-electron chi connectivity index (χ1n) is 7.07. The Labute approximate surface area is 135 Å². The second-order valence-electron chi connectivity index (χ2n) is 5.79. The molecule has 1 fully saturated rings. The van der Waals surface area contributed by atoms with E-state index in [1.807, 2.05) is 7.05 Å². The summed E-state index contributed by atoms with van der Waals surface area (Å²) in [6.45, 7) is 2.94. The van der Waals surface area contributed by atoms with Gasteiger partial charge in [-0.05, 0) is 51.0 Å². The third kappa shape index (κ3) is 4.02. The van der Waals surface area contributed by atoms with Gasteiger partial charge in [-0.3, -0.25) is 4.79 Å². The molecule has 1 aliphatic heterocycles. The lowest BCUT2D eigenvalue weighted by molar-refractivity contribution is 0.0747. The average Bonchev–Trinajstić information content (AvgIpc) is 2.45. The Morgan fingerprint density at radius 3 is 2.57 bits per heavy atom. The van der Waals surface area contributed by atoms with Crippen LogP contribution in [0.3, 0.4) is 0 Å². The number of nitrogens with zero attached hydrogens (tertiary/aromatic N) is 2. The molecule has 116 valence electrons. The van der Waals surface area contributed by atoms with E-state index in [1.165, 1.54) is 0 Å². The summed E-state index contributed by atoms with van der Waals surface area (Å²) in [6, 6.07) is 3.16. The fourth-order valence-corrected chi connectivity index (χ4v) is 3.00. The van der Waals surface area contributed by atoms with Gasteiger partial charge < -0.3 is 15.5 Å². The van der Waals surface area contributed by atoms with Crippen molar-refractivity contribution in [3.8, 4) is 0 Å². The Hall–Kier alpha value is -0.970. The Morgan fingerprint density at radius 1 is 1.38 bits per heavy atom. The van der Waals surface area contributed by atoms with Gasteiger partial charge in [0.15, 0.2) is 0 Å². The summed E-state index contributed by atoms with van der Waals surface area (Å²) in [5.41, 5.74) is 6.58. The second kappa shape index (κ2) is 6.86. The minimum Gasteiger partial charge on any atom is -0.397 e. The van der Waals surface area contributed by atoms with Crippen LogP contribution >= 0.6 is 23.2 Å². The van der Waals surface area contributed by atoms with Gasteiger partial charge >= 0.3 is 0 Å². The molecule has 2 N–H and O–H groups in total. The van der Waals surface area contributed by atoms with Crippen molar-refractivity contribution in [1.82, 2.24) is 9.80 Å². The SMILES string of the molecule is CN1CCC(CN(C)C(=O)c2cc(N)c(Cl)c(Cl)c2)CC1. The van der Waals surface area contributed by atoms with Gasteiger partial charge in [-0.25, -0.2) is 0 Å². The molecule has 0 radical (unpaired) electrons. The largest absolute Gasteiger partial charge is 0.397 e. The summed E-state index contributed by atoms with van der Waals surface area (Å²) in [7, 11) is 3.95. The molecule has 1 aromatic carbocycles. The minimum absolute atomic E-state index is 0.0702. The normalized spacial score (nSPS) is 17.0. The van der Waals surface area contributed by atoms with Gasteiger partial charge in [0.05, 0.1) is 15.7 Å². The molecule has 1 saturated heterocycles. The van der Waals surface area contributed by atoms with Crippen molar-refractivity contribution in [2.24, 2.45) is 5.92 Å². The van der Waals surface area contributed by atoms with Crippen molar-refractivity contribution in [3.63, 3.8) is 0 Å². The lowest BCUT2D eigenvalue weighted by Gasteiger charge is -2.31. The van der Waals surface area contributed by atoms with Crippen LogP contribution < -0.4 is 5.73 Å². The molecule has 1 amide bonds. The molecule has 1 heterocycles. The topological polar surface area (TPSA) is 49.6 Å². The molecule has 6 heteroatoms. The molecule has 0 aromatic heterocycles. The first-order chi connectivity index (χ1) is 9.88. The summed E-state index contributed by atoms with van der Waals surface area (Å²) >= 11 is 11.9. The summed E-state index contributed by atoms with van der Waals surface area (Å²) in [6.07, 6.45) is 2.25. The van der Waals surface area contributed by atoms with Crippen molar-refractivity contribution in [1.29, 1.82) is 0 Å². The molecule has 0 saturated carbocycles. The number of hydrogen-bond acceptors (Lipinski definition) is 3. The Morgan fingerprint density at radius 2 is 2.00 bits per heavy atom. The highest BCUT2D eigenvalue weighted by Crippen LogP contribution is 2.30. The molecule has 0 atom stereocenters. The number of carbonyl (C=O) groups excluding carboxylic acids is 1. The fourth-order valence-electron chi connectivity index (χ4n) is 2.67. The summed E-state index contributed by atoms with van der Waals surface area (Å²) in [5, 5.41) is 0.610. The number of anilines is 1. The third-order valence-corrected chi connectivity index (χ3v) is 4.84. The number of nitrogen functional groups attached to an aromatic ring is 1. The smallest absolute Gasteiger partial charge is 0.253 e. The maximum absolute atomic E-state index is 12.5. The van der Waals surface area contributed by atoms with Gasteiger partial charge in [0.1, 0.15) is 0 Å². The highest BCUT2D eigenvalue weighted by atomic mass is 35.5. The molecular weight excluding hydrogens is 309 g/mol. The molecule has 1 aliphatic rings. The van der Waals surface area contributed by atoms with Crippen LogP contribution in [0.2, 0.25) is 10.0 Å². The van der Waals surface area contributed by atoms with Crippen molar-refractivity contribution < 1.29 is 4.79 Å². The molecule has 0 bridgehead atoms. The molecule has 0 unspecified atom stereocenters. The van der Waals surface area contributed by atoms with Gasteiger partial charge in [0, 0.05) is 19.2 Å². The van der Waals surface area contributed by atoms with E-state index in [1.54, 1.807) is 17.0 Å². The van der Waals surface area contributed by atoms with Gasteiger partial charge in [0.25, 0.3) is 5.91 Å². The Balaban J connectivity index is 2.02. The number of benzene rings is 1. The number of halogens is 2.